The second kappa shape index (κ2) is 7.75. The maximum Gasteiger partial charge on any atom is 0.0990 e. The summed E-state index contributed by atoms with van der Waals surface area (Å²) in [5.41, 5.74) is 7.54. The fraction of sp³-hybridized carbons (Fsp3) is 0.667. The van der Waals surface area contributed by atoms with E-state index >= 15 is 0 Å². The van der Waals surface area contributed by atoms with Gasteiger partial charge in [-0.3, -0.25) is 0 Å². The lowest BCUT2D eigenvalue weighted by atomic mass is 9.81. The van der Waals surface area contributed by atoms with E-state index in [0.29, 0.717) is 6.10 Å². The van der Waals surface area contributed by atoms with E-state index in [4.69, 9.17) is 10.5 Å². The Labute approximate surface area is 137 Å². The zero-order chi connectivity index (χ0) is 15.4. The Kier molecular flexibility index (Phi) is 6.27. The smallest absolute Gasteiger partial charge is 0.0990 e. The molecule has 0 bridgehead atoms. The molecule has 1 fully saturated rings. The van der Waals surface area contributed by atoms with Gasteiger partial charge in [0, 0.05) is 10.5 Å². The normalized spacial score (nSPS) is 29.1. The first-order valence-electron chi connectivity index (χ1n) is 8.16. The van der Waals surface area contributed by atoms with Gasteiger partial charge < -0.3 is 10.5 Å². The van der Waals surface area contributed by atoms with Gasteiger partial charge in [0.15, 0.2) is 0 Å². The average Bonchev–Trinajstić information content (AvgIpc) is 2.44. The van der Waals surface area contributed by atoms with Gasteiger partial charge in [-0.25, -0.2) is 0 Å². The van der Waals surface area contributed by atoms with Crippen LogP contribution in [0.5, 0.6) is 0 Å². The largest absolute Gasteiger partial charge is 0.369 e. The van der Waals surface area contributed by atoms with Crippen LogP contribution in [-0.4, -0.2) is 12.1 Å². The van der Waals surface area contributed by atoms with Crippen LogP contribution >= 0.6 is 15.9 Å². The average molecular weight is 354 g/mol. The predicted octanol–water partition coefficient (Wildman–Crippen LogP) is 5.07. The van der Waals surface area contributed by atoms with Crippen molar-refractivity contribution >= 4 is 15.9 Å². The number of halogens is 1. The van der Waals surface area contributed by atoms with Crippen molar-refractivity contribution < 1.29 is 4.74 Å². The van der Waals surface area contributed by atoms with E-state index in [1.54, 1.807) is 0 Å². The number of ether oxygens (including phenoxy) is 1. The molecule has 3 heteroatoms. The minimum Gasteiger partial charge on any atom is -0.369 e. The van der Waals surface area contributed by atoms with Crippen LogP contribution in [0.4, 0.5) is 0 Å². The van der Waals surface area contributed by atoms with Gasteiger partial charge in [-0.2, -0.15) is 0 Å². The van der Waals surface area contributed by atoms with Crippen LogP contribution in [0.3, 0.4) is 0 Å². The van der Waals surface area contributed by atoms with Crippen molar-refractivity contribution in [2.24, 2.45) is 17.6 Å². The molecule has 1 saturated carbocycles. The van der Waals surface area contributed by atoms with Crippen molar-refractivity contribution in [3.63, 3.8) is 0 Å². The van der Waals surface area contributed by atoms with Crippen molar-refractivity contribution in [2.45, 2.75) is 64.7 Å². The number of benzene rings is 1. The Morgan fingerprint density at radius 3 is 2.38 bits per heavy atom. The zero-order valence-corrected chi connectivity index (χ0v) is 15.0. The molecule has 0 spiro atoms. The van der Waals surface area contributed by atoms with Crippen LogP contribution in [0.1, 0.15) is 58.1 Å². The highest BCUT2D eigenvalue weighted by Crippen LogP contribution is 2.36. The van der Waals surface area contributed by atoms with Crippen molar-refractivity contribution in [3.05, 3.63) is 34.3 Å². The molecule has 0 radical (unpaired) electrons. The van der Waals surface area contributed by atoms with Gasteiger partial charge in [0.2, 0.25) is 0 Å². The highest BCUT2D eigenvalue weighted by molar-refractivity contribution is 9.10. The van der Waals surface area contributed by atoms with Crippen LogP contribution in [0.15, 0.2) is 28.7 Å². The van der Waals surface area contributed by atoms with Crippen molar-refractivity contribution in [1.82, 2.24) is 0 Å². The molecule has 1 aromatic carbocycles. The van der Waals surface area contributed by atoms with Crippen LogP contribution in [0, 0.1) is 11.8 Å². The standard InChI is InChI=1S/C18H28BrNO/c1-4-17(20)18(15-7-5-6-8-16(15)19)21-14-10-12(2)9-13(3)11-14/h5-8,12-14,17-18H,4,9-11,20H2,1-3H3. The van der Waals surface area contributed by atoms with E-state index in [1.165, 1.54) is 12.0 Å². The molecule has 118 valence electrons. The molecular formula is C18H28BrNO. The lowest BCUT2D eigenvalue weighted by molar-refractivity contribution is -0.0613. The van der Waals surface area contributed by atoms with E-state index in [1.807, 2.05) is 6.07 Å². The first-order chi connectivity index (χ1) is 10.0. The summed E-state index contributed by atoms with van der Waals surface area (Å²) in [7, 11) is 0. The van der Waals surface area contributed by atoms with E-state index in [-0.39, 0.29) is 12.1 Å². The number of hydrogen-bond donors (Lipinski definition) is 1. The third kappa shape index (κ3) is 4.54. The molecule has 1 aliphatic carbocycles. The molecular weight excluding hydrogens is 326 g/mol. The summed E-state index contributed by atoms with van der Waals surface area (Å²) in [5, 5.41) is 0. The minimum absolute atomic E-state index is 0.0203. The molecule has 0 aliphatic heterocycles. The summed E-state index contributed by atoms with van der Waals surface area (Å²) in [6.45, 7) is 6.79. The topological polar surface area (TPSA) is 35.2 Å². The fourth-order valence-corrected chi connectivity index (χ4v) is 4.03. The Morgan fingerprint density at radius 1 is 1.19 bits per heavy atom. The molecule has 1 aliphatic rings. The molecule has 1 aromatic rings. The molecule has 2 N–H and O–H groups in total. The third-order valence-corrected chi connectivity index (χ3v) is 5.27. The molecule has 0 heterocycles. The van der Waals surface area contributed by atoms with Gasteiger partial charge in [-0.15, -0.1) is 0 Å². The Morgan fingerprint density at radius 2 is 1.81 bits per heavy atom. The summed E-state index contributed by atoms with van der Waals surface area (Å²) >= 11 is 3.65. The van der Waals surface area contributed by atoms with E-state index in [9.17, 15) is 0 Å². The summed E-state index contributed by atoms with van der Waals surface area (Å²) < 4.78 is 7.59. The van der Waals surface area contributed by atoms with E-state index in [2.05, 4.69) is 54.9 Å². The molecule has 21 heavy (non-hydrogen) atoms. The second-order valence-electron chi connectivity index (χ2n) is 6.69. The van der Waals surface area contributed by atoms with Gasteiger partial charge >= 0.3 is 0 Å². The minimum atomic E-state index is -0.0203. The van der Waals surface area contributed by atoms with Gasteiger partial charge in [-0.05, 0) is 49.1 Å². The summed E-state index contributed by atoms with van der Waals surface area (Å²) in [5.74, 6) is 1.49. The highest BCUT2D eigenvalue weighted by Gasteiger charge is 2.30. The molecule has 2 rings (SSSR count). The maximum absolute atomic E-state index is 6.50. The highest BCUT2D eigenvalue weighted by atomic mass is 79.9. The molecule has 4 atom stereocenters. The summed E-state index contributed by atoms with van der Waals surface area (Å²) in [4.78, 5) is 0. The first-order valence-corrected chi connectivity index (χ1v) is 8.96. The van der Waals surface area contributed by atoms with Crippen LogP contribution in [0.2, 0.25) is 0 Å². The van der Waals surface area contributed by atoms with E-state index < -0.39 is 0 Å². The van der Waals surface area contributed by atoms with Crippen molar-refractivity contribution in [2.75, 3.05) is 0 Å². The summed E-state index contributed by atoms with van der Waals surface area (Å²) in [6.07, 6.45) is 4.86. The molecule has 0 aromatic heterocycles. The number of nitrogens with two attached hydrogens (primary N) is 1. The zero-order valence-electron chi connectivity index (χ0n) is 13.4. The lowest BCUT2D eigenvalue weighted by Crippen LogP contribution is -2.35. The Balaban J connectivity index is 2.15. The first kappa shape index (κ1) is 17.0. The molecule has 4 unspecified atom stereocenters. The number of rotatable bonds is 5. The van der Waals surface area contributed by atoms with Gasteiger partial charge in [0.25, 0.3) is 0 Å². The van der Waals surface area contributed by atoms with Crippen molar-refractivity contribution in [3.8, 4) is 0 Å². The predicted molar refractivity (Wildman–Crippen MR) is 92.2 cm³/mol. The van der Waals surface area contributed by atoms with Crippen LogP contribution in [-0.2, 0) is 4.74 Å². The SMILES string of the molecule is CCC(N)C(OC1CC(C)CC(C)C1)c1ccccc1Br. The van der Waals surface area contributed by atoms with Gasteiger partial charge in [0.1, 0.15) is 0 Å². The van der Waals surface area contributed by atoms with Crippen molar-refractivity contribution in [1.29, 1.82) is 0 Å². The quantitative estimate of drug-likeness (QED) is 0.801. The lowest BCUT2D eigenvalue weighted by Gasteiger charge is -2.36. The van der Waals surface area contributed by atoms with Gasteiger partial charge in [0.05, 0.1) is 12.2 Å². The van der Waals surface area contributed by atoms with Gasteiger partial charge in [-0.1, -0.05) is 54.9 Å². The number of hydrogen-bond acceptors (Lipinski definition) is 2. The maximum atomic E-state index is 6.50. The fourth-order valence-electron chi connectivity index (χ4n) is 3.52. The Hall–Kier alpha value is -0.380. The molecule has 0 amide bonds. The second-order valence-corrected chi connectivity index (χ2v) is 7.54. The monoisotopic (exact) mass is 353 g/mol. The Bertz CT molecular complexity index is 441. The molecule has 2 nitrogen and oxygen atoms in total. The van der Waals surface area contributed by atoms with Crippen LogP contribution < -0.4 is 5.73 Å². The third-order valence-electron chi connectivity index (χ3n) is 4.55. The van der Waals surface area contributed by atoms with Crippen LogP contribution in [0.25, 0.3) is 0 Å². The van der Waals surface area contributed by atoms with E-state index in [0.717, 1.165) is 35.6 Å². The molecule has 0 saturated heterocycles. The summed E-state index contributed by atoms with van der Waals surface area (Å²) in [6, 6.07) is 8.33.